The summed E-state index contributed by atoms with van der Waals surface area (Å²) >= 11 is 0. The summed E-state index contributed by atoms with van der Waals surface area (Å²) < 4.78 is 0. The molecule has 0 aromatic rings. The van der Waals surface area contributed by atoms with Crippen LogP contribution in [-0.2, 0) is 0 Å². The summed E-state index contributed by atoms with van der Waals surface area (Å²) in [5.74, 6) is 0. The highest BCUT2D eigenvalue weighted by molar-refractivity contribution is 5.22. The summed E-state index contributed by atoms with van der Waals surface area (Å²) in [7, 11) is 2.03. The SMILES string of the molecule is CC(O)CC1=CCN(C)C=C1. The van der Waals surface area contributed by atoms with Gasteiger partial charge < -0.3 is 10.0 Å². The lowest BCUT2D eigenvalue weighted by atomic mass is 10.1. The van der Waals surface area contributed by atoms with Gasteiger partial charge in [-0.2, -0.15) is 0 Å². The second-order valence-electron chi connectivity index (χ2n) is 3.09. The predicted molar refractivity (Wildman–Crippen MR) is 46.2 cm³/mol. The highest BCUT2D eigenvalue weighted by Gasteiger charge is 2.02. The standard InChI is InChI=1S/C9H15NO/c1-8(11)7-9-3-5-10(2)6-4-9/h3-5,8,11H,6-7H2,1-2H3. The van der Waals surface area contributed by atoms with Crippen molar-refractivity contribution in [3.8, 4) is 0 Å². The van der Waals surface area contributed by atoms with Crippen LogP contribution < -0.4 is 0 Å². The maximum atomic E-state index is 9.08. The van der Waals surface area contributed by atoms with E-state index in [9.17, 15) is 0 Å². The number of nitrogens with zero attached hydrogens (tertiary/aromatic N) is 1. The molecule has 1 aliphatic rings. The molecule has 0 bridgehead atoms. The van der Waals surface area contributed by atoms with E-state index in [-0.39, 0.29) is 6.10 Å². The normalized spacial score (nSPS) is 19.9. The Balaban J connectivity index is 2.43. The molecule has 0 fully saturated rings. The first kappa shape index (κ1) is 8.34. The fraction of sp³-hybridized carbons (Fsp3) is 0.556. The van der Waals surface area contributed by atoms with E-state index in [4.69, 9.17) is 5.11 Å². The molecule has 0 aromatic heterocycles. The van der Waals surface area contributed by atoms with Gasteiger partial charge in [-0.05, 0) is 31.2 Å². The van der Waals surface area contributed by atoms with Gasteiger partial charge in [-0.15, -0.1) is 0 Å². The Bertz CT molecular complexity index is 182. The molecule has 1 aliphatic heterocycles. The molecule has 0 amide bonds. The Morgan fingerprint density at radius 2 is 2.45 bits per heavy atom. The maximum absolute atomic E-state index is 9.08. The quantitative estimate of drug-likeness (QED) is 0.643. The molecule has 2 nitrogen and oxygen atoms in total. The Hall–Kier alpha value is -0.760. The van der Waals surface area contributed by atoms with E-state index in [0.717, 1.165) is 13.0 Å². The van der Waals surface area contributed by atoms with E-state index >= 15 is 0 Å². The molecule has 0 spiro atoms. The minimum absolute atomic E-state index is 0.227. The highest BCUT2D eigenvalue weighted by Crippen LogP contribution is 2.11. The molecular formula is C9H15NO. The summed E-state index contributed by atoms with van der Waals surface area (Å²) in [4.78, 5) is 2.10. The summed E-state index contributed by atoms with van der Waals surface area (Å²) in [5, 5.41) is 9.08. The van der Waals surface area contributed by atoms with E-state index in [1.54, 1.807) is 0 Å². The number of hydrogen-bond donors (Lipinski definition) is 1. The lowest BCUT2D eigenvalue weighted by Crippen LogP contribution is -2.14. The first-order chi connectivity index (χ1) is 5.18. The second-order valence-corrected chi connectivity index (χ2v) is 3.09. The van der Waals surface area contributed by atoms with Gasteiger partial charge in [0.1, 0.15) is 0 Å². The van der Waals surface area contributed by atoms with E-state index in [2.05, 4.69) is 17.1 Å². The number of likely N-dealkylation sites (N-methyl/N-ethyl adjacent to an activating group) is 1. The fourth-order valence-electron chi connectivity index (χ4n) is 1.11. The fourth-order valence-corrected chi connectivity index (χ4v) is 1.11. The summed E-state index contributed by atoms with van der Waals surface area (Å²) in [6.45, 7) is 2.77. The van der Waals surface area contributed by atoms with Gasteiger partial charge in [-0.3, -0.25) is 0 Å². The van der Waals surface area contributed by atoms with Gasteiger partial charge in [0.2, 0.25) is 0 Å². The number of hydrogen-bond acceptors (Lipinski definition) is 2. The molecule has 62 valence electrons. The van der Waals surface area contributed by atoms with Crippen LogP contribution in [-0.4, -0.2) is 29.7 Å². The first-order valence-corrected chi connectivity index (χ1v) is 3.94. The summed E-state index contributed by atoms with van der Waals surface area (Å²) in [5.41, 5.74) is 1.23. The molecule has 1 rings (SSSR count). The van der Waals surface area contributed by atoms with Gasteiger partial charge in [-0.1, -0.05) is 6.08 Å². The topological polar surface area (TPSA) is 23.5 Å². The third-order valence-electron chi connectivity index (χ3n) is 1.72. The third kappa shape index (κ3) is 2.76. The molecule has 1 N–H and O–H groups in total. The Morgan fingerprint density at radius 3 is 2.91 bits per heavy atom. The zero-order chi connectivity index (χ0) is 8.27. The van der Waals surface area contributed by atoms with Crippen LogP contribution in [0, 0.1) is 0 Å². The van der Waals surface area contributed by atoms with Crippen molar-refractivity contribution in [2.24, 2.45) is 0 Å². The molecule has 2 heteroatoms. The van der Waals surface area contributed by atoms with Crippen molar-refractivity contribution in [1.82, 2.24) is 4.90 Å². The minimum Gasteiger partial charge on any atom is -0.393 e. The van der Waals surface area contributed by atoms with Crippen molar-refractivity contribution in [2.45, 2.75) is 19.4 Å². The monoisotopic (exact) mass is 153 g/mol. The first-order valence-electron chi connectivity index (χ1n) is 3.94. The lowest BCUT2D eigenvalue weighted by molar-refractivity contribution is 0.196. The molecule has 0 saturated carbocycles. The van der Waals surface area contributed by atoms with Crippen LogP contribution in [0.15, 0.2) is 23.9 Å². The molecule has 1 heterocycles. The molecule has 0 saturated heterocycles. The van der Waals surface area contributed by atoms with E-state index in [0.29, 0.717) is 0 Å². The van der Waals surface area contributed by atoms with Gasteiger partial charge in [0.15, 0.2) is 0 Å². The zero-order valence-corrected chi connectivity index (χ0v) is 7.12. The Labute approximate surface area is 67.8 Å². The molecule has 1 atom stereocenters. The molecule has 11 heavy (non-hydrogen) atoms. The van der Waals surface area contributed by atoms with Crippen LogP contribution in [0.2, 0.25) is 0 Å². The largest absolute Gasteiger partial charge is 0.393 e. The highest BCUT2D eigenvalue weighted by atomic mass is 16.3. The summed E-state index contributed by atoms with van der Waals surface area (Å²) in [6.07, 6.45) is 6.78. The molecule has 0 aromatic carbocycles. The zero-order valence-electron chi connectivity index (χ0n) is 7.12. The smallest absolute Gasteiger partial charge is 0.0552 e. The second kappa shape index (κ2) is 3.58. The molecular weight excluding hydrogens is 138 g/mol. The van der Waals surface area contributed by atoms with Crippen molar-refractivity contribution < 1.29 is 5.11 Å². The minimum atomic E-state index is -0.227. The van der Waals surface area contributed by atoms with Crippen LogP contribution >= 0.6 is 0 Å². The van der Waals surface area contributed by atoms with E-state index < -0.39 is 0 Å². The number of allylic oxidation sites excluding steroid dienone is 1. The van der Waals surface area contributed by atoms with Gasteiger partial charge >= 0.3 is 0 Å². The van der Waals surface area contributed by atoms with Crippen molar-refractivity contribution >= 4 is 0 Å². The van der Waals surface area contributed by atoms with Crippen LogP contribution in [0.5, 0.6) is 0 Å². The molecule has 0 aliphatic carbocycles. The third-order valence-corrected chi connectivity index (χ3v) is 1.72. The van der Waals surface area contributed by atoms with Crippen LogP contribution in [0.1, 0.15) is 13.3 Å². The van der Waals surface area contributed by atoms with Crippen LogP contribution in [0.3, 0.4) is 0 Å². The van der Waals surface area contributed by atoms with Crippen molar-refractivity contribution in [3.05, 3.63) is 23.9 Å². The van der Waals surface area contributed by atoms with Gasteiger partial charge in [0, 0.05) is 13.6 Å². The predicted octanol–water partition coefficient (Wildman–Crippen LogP) is 1.14. The average Bonchev–Trinajstić information content (AvgIpc) is 1.93. The van der Waals surface area contributed by atoms with E-state index in [1.165, 1.54) is 5.57 Å². The molecule has 0 radical (unpaired) electrons. The van der Waals surface area contributed by atoms with Crippen molar-refractivity contribution in [3.63, 3.8) is 0 Å². The Kier molecular flexibility index (Phi) is 2.71. The molecule has 1 unspecified atom stereocenters. The lowest BCUT2D eigenvalue weighted by Gasteiger charge is -2.17. The summed E-state index contributed by atoms with van der Waals surface area (Å²) in [6, 6.07) is 0. The van der Waals surface area contributed by atoms with Gasteiger partial charge in [0.25, 0.3) is 0 Å². The van der Waals surface area contributed by atoms with Crippen molar-refractivity contribution in [2.75, 3.05) is 13.6 Å². The van der Waals surface area contributed by atoms with Gasteiger partial charge in [0.05, 0.1) is 6.10 Å². The van der Waals surface area contributed by atoms with Crippen LogP contribution in [0.4, 0.5) is 0 Å². The van der Waals surface area contributed by atoms with Gasteiger partial charge in [-0.25, -0.2) is 0 Å². The Morgan fingerprint density at radius 1 is 1.73 bits per heavy atom. The van der Waals surface area contributed by atoms with Crippen LogP contribution in [0.25, 0.3) is 0 Å². The van der Waals surface area contributed by atoms with Crippen molar-refractivity contribution in [1.29, 1.82) is 0 Å². The van der Waals surface area contributed by atoms with E-state index in [1.807, 2.05) is 20.2 Å². The number of aliphatic hydroxyl groups is 1. The number of rotatable bonds is 2. The average molecular weight is 153 g/mol. The number of aliphatic hydroxyl groups excluding tert-OH is 1. The maximum Gasteiger partial charge on any atom is 0.0552 e.